The number of benzene rings is 1. The number of nitrogens with zero attached hydrogens (tertiary/aromatic N) is 6. The van der Waals surface area contributed by atoms with Gasteiger partial charge in [-0.15, -0.1) is 0 Å². The molecule has 4 aromatic rings. The molecule has 0 saturated carbocycles. The normalized spacial score (nSPS) is 11.6. The van der Waals surface area contributed by atoms with Gasteiger partial charge < -0.3 is 15.2 Å². The van der Waals surface area contributed by atoms with Gasteiger partial charge in [-0.1, -0.05) is 26.0 Å². The first-order valence-corrected chi connectivity index (χ1v) is 8.63. The maximum absolute atomic E-state index is 4.66. The topological polar surface area (TPSA) is 87.0 Å². The molecule has 0 aliphatic heterocycles. The summed E-state index contributed by atoms with van der Waals surface area (Å²) in [5.74, 6) is 2.47. The minimum absolute atomic E-state index is 0.334. The van der Waals surface area contributed by atoms with Gasteiger partial charge in [0.1, 0.15) is 5.82 Å². The summed E-state index contributed by atoms with van der Waals surface area (Å²) < 4.78 is 1.75. The third-order valence-electron chi connectivity index (χ3n) is 4.26. The van der Waals surface area contributed by atoms with Crippen LogP contribution in [0.2, 0.25) is 0 Å². The summed E-state index contributed by atoms with van der Waals surface area (Å²) >= 11 is 0. The minimum atomic E-state index is 0.334. The number of hydrogen-bond acceptors (Lipinski definition) is 6. The smallest absolute Gasteiger partial charge is 0.230 e. The van der Waals surface area contributed by atoms with Crippen molar-refractivity contribution in [2.45, 2.75) is 26.3 Å². The lowest BCUT2D eigenvalue weighted by Crippen LogP contribution is -2.17. The first-order valence-electron chi connectivity index (χ1n) is 8.63. The van der Waals surface area contributed by atoms with Crippen LogP contribution in [-0.4, -0.2) is 43.6 Å². The fourth-order valence-corrected chi connectivity index (χ4v) is 2.86. The predicted octanol–water partition coefficient (Wildman–Crippen LogP) is 2.80. The van der Waals surface area contributed by atoms with E-state index in [1.165, 1.54) is 0 Å². The lowest BCUT2D eigenvalue weighted by Gasteiger charge is -2.14. The third-order valence-corrected chi connectivity index (χ3v) is 4.26. The lowest BCUT2D eigenvalue weighted by molar-refractivity contribution is 0.849. The quantitative estimate of drug-likeness (QED) is 0.575. The Kier molecular flexibility index (Phi) is 3.95. The van der Waals surface area contributed by atoms with Gasteiger partial charge in [-0.25, -0.2) is 4.98 Å². The molecular weight excluding hydrogens is 328 g/mol. The Morgan fingerprint density at radius 1 is 1.15 bits per heavy atom. The summed E-state index contributed by atoms with van der Waals surface area (Å²) in [5, 5.41) is 7.82. The van der Waals surface area contributed by atoms with E-state index in [-0.39, 0.29) is 0 Å². The van der Waals surface area contributed by atoms with Crippen LogP contribution in [0.4, 0.5) is 11.9 Å². The van der Waals surface area contributed by atoms with E-state index >= 15 is 0 Å². The Balaban J connectivity index is 1.70. The summed E-state index contributed by atoms with van der Waals surface area (Å²) in [6, 6.07) is 7.98. The molecule has 8 nitrogen and oxygen atoms in total. The lowest BCUT2D eigenvalue weighted by atomic mass is 10.1. The average Bonchev–Trinajstić information content (AvgIpc) is 3.22. The van der Waals surface area contributed by atoms with E-state index in [1.54, 1.807) is 4.52 Å². The second kappa shape index (κ2) is 6.29. The van der Waals surface area contributed by atoms with Gasteiger partial charge in [-0.05, 0) is 18.1 Å². The molecule has 0 spiro atoms. The highest BCUT2D eigenvalue weighted by Crippen LogP contribution is 2.23. The van der Waals surface area contributed by atoms with Crippen LogP contribution in [0, 0.1) is 0 Å². The highest BCUT2D eigenvalue weighted by Gasteiger charge is 2.16. The van der Waals surface area contributed by atoms with Crippen LogP contribution < -0.4 is 10.2 Å². The van der Waals surface area contributed by atoms with Crippen molar-refractivity contribution in [3.63, 3.8) is 0 Å². The van der Waals surface area contributed by atoms with Crippen molar-refractivity contribution in [1.82, 2.24) is 29.5 Å². The zero-order valence-corrected chi connectivity index (χ0v) is 15.4. The Morgan fingerprint density at radius 3 is 2.69 bits per heavy atom. The fourth-order valence-electron chi connectivity index (χ4n) is 2.86. The molecule has 0 unspecified atom stereocenters. The second-order valence-corrected chi connectivity index (χ2v) is 6.79. The van der Waals surface area contributed by atoms with Crippen molar-refractivity contribution in [2.75, 3.05) is 24.3 Å². The van der Waals surface area contributed by atoms with Crippen LogP contribution in [0.1, 0.15) is 31.2 Å². The summed E-state index contributed by atoms with van der Waals surface area (Å²) in [6.07, 6.45) is 1.86. The standard InChI is InChI=1S/C18H22N8/c1-11(2)12-9-20-26-16(12)23-18(25(3)4)24-17(26)19-10-15-21-13-7-5-6-8-14(13)22-15/h5-9,11H,10H2,1-4H3,(H,21,22)(H,19,23,24). The van der Waals surface area contributed by atoms with Gasteiger partial charge in [0.25, 0.3) is 0 Å². The first kappa shape index (κ1) is 16.3. The van der Waals surface area contributed by atoms with E-state index in [0.29, 0.717) is 24.4 Å². The number of para-hydroxylation sites is 2. The molecule has 3 heterocycles. The van der Waals surface area contributed by atoms with Crippen molar-refractivity contribution in [3.8, 4) is 0 Å². The van der Waals surface area contributed by atoms with E-state index in [1.807, 2.05) is 49.5 Å². The number of aromatic nitrogens is 6. The van der Waals surface area contributed by atoms with Crippen LogP contribution in [0.5, 0.6) is 0 Å². The van der Waals surface area contributed by atoms with Gasteiger partial charge >= 0.3 is 0 Å². The molecule has 4 rings (SSSR count). The molecule has 134 valence electrons. The van der Waals surface area contributed by atoms with E-state index < -0.39 is 0 Å². The summed E-state index contributed by atoms with van der Waals surface area (Å²) in [4.78, 5) is 19.1. The molecule has 0 bridgehead atoms. The van der Waals surface area contributed by atoms with Crippen molar-refractivity contribution in [1.29, 1.82) is 0 Å². The van der Waals surface area contributed by atoms with Crippen LogP contribution in [-0.2, 0) is 6.54 Å². The largest absolute Gasteiger partial charge is 0.347 e. The predicted molar refractivity (Wildman–Crippen MR) is 103 cm³/mol. The number of H-pyrrole nitrogens is 1. The fraction of sp³-hybridized carbons (Fsp3) is 0.333. The Bertz CT molecular complexity index is 1030. The van der Waals surface area contributed by atoms with Gasteiger partial charge in [-0.2, -0.15) is 19.6 Å². The number of fused-ring (bicyclic) bond motifs is 2. The summed E-state index contributed by atoms with van der Waals surface area (Å²) in [7, 11) is 3.86. The average molecular weight is 350 g/mol. The van der Waals surface area contributed by atoms with Crippen LogP contribution in [0.15, 0.2) is 30.5 Å². The monoisotopic (exact) mass is 350 g/mol. The van der Waals surface area contributed by atoms with Crippen LogP contribution in [0.3, 0.4) is 0 Å². The van der Waals surface area contributed by atoms with Crippen molar-refractivity contribution >= 4 is 28.6 Å². The van der Waals surface area contributed by atoms with E-state index in [4.69, 9.17) is 0 Å². The molecule has 26 heavy (non-hydrogen) atoms. The summed E-state index contributed by atoms with van der Waals surface area (Å²) in [6.45, 7) is 4.79. The maximum Gasteiger partial charge on any atom is 0.230 e. The molecule has 0 aliphatic carbocycles. The van der Waals surface area contributed by atoms with Crippen LogP contribution in [0.25, 0.3) is 16.7 Å². The zero-order valence-electron chi connectivity index (χ0n) is 15.4. The van der Waals surface area contributed by atoms with Gasteiger partial charge in [0.15, 0.2) is 5.65 Å². The first-order chi connectivity index (χ1) is 12.5. The molecule has 2 N–H and O–H groups in total. The number of anilines is 2. The molecule has 3 aromatic heterocycles. The van der Waals surface area contributed by atoms with Crippen molar-refractivity contribution < 1.29 is 0 Å². The molecule has 0 radical (unpaired) electrons. The highest BCUT2D eigenvalue weighted by atomic mass is 15.4. The number of nitrogens with one attached hydrogen (secondary N) is 2. The minimum Gasteiger partial charge on any atom is -0.347 e. The van der Waals surface area contributed by atoms with Gasteiger partial charge in [0.05, 0.1) is 23.8 Å². The van der Waals surface area contributed by atoms with E-state index in [2.05, 4.69) is 44.2 Å². The van der Waals surface area contributed by atoms with Gasteiger partial charge in [-0.3, -0.25) is 0 Å². The Hall–Kier alpha value is -3.16. The molecule has 0 amide bonds. The van der Waals surface area contributed by atoms with Crippen molar-refractivity contribution in [3.05, 3.63) is 41.9 Å². The maximum atomic E-state index is 4.66. The Labute approximate surface area is 151 Å². The molecular formula is C18H22N8. The number of hydrogen-bond donors (Lipinski definition) is 2. The van der Waals surface area contributed by atoms with E-state index in [9.17, 15) is 0 Å². The number of rotatable bonds is 5. The number of imidazole rings is 1. The molecule has 8 heteroatoms. The molecule has 0 aliphatic rings. The molecule has 1 aromatic carbocycles. The summed E-state index contributed by atoms with van der Waals surface area (Å²) in [5.41, 5.74) is 3.90. The molecule has 0 atom stereocenters. The Morgan fingerprint density at radius 2 is 1.96 bits per heavy atom. The molecule has 0 saturated heterocycles. The van der Waals surface area contributed by atoms with Crippen LogP contribution >= 0.6 is 0 Å². The zero-order chi connectivity index (χ0) is 18.3. The third kappa shape index (κ3) is 2.83. The van der Waals surface area contributed by atoms with Gasteiger partial charge in [0.2, 0.25) is 11.9 Å². The van der Waals surface area contributed by atoms with E-state index in [0.717, 1.165) is 28.1 Å². The highest BCUT2D eigenvalue weighted by molar-refractivity contribution is 5.74. The van der Waals surface area contributed by atoms with Gasteiger partial charge in [0, 0.05) is 19.7 Å². The number of aromatic amines is 1. The molecule has 0 fully saturated rings. The van der Waals surface area contributed by atoms with Crippen molar-refractivity contribution in [2.24, 2.45) is 0 Å². The second-order valence-electron chi connectivity index (χ2n) is 6.79. The SMILES string of the molecule is CC(C)c1cnn2c(NCc3nc4ccccc4[nH]3)nc(N(C)C)nc12.